The van der Waals surface area contributed by atoms with Crippen LogP contribution in [0.15, 0.2) is 18.2 Å². The van der Waals surface area contributed by atoms with Crippen LogP contribution in [0.25, 0.3) is 0 Å². The highest BCUT2D eigenvalue weighted by atomic mass is 32.2. The van der Waals surface area contributed by atoms with E-state index in [1.807, 2.05) is 39.1 Å². The molecule has 1 fully saturated rings. The summed E-state index contributed by atoms with van der Waals surface area (Å²) in [5.74, 6) is 0.272. The molecule has 1 aromatic rings. The molecule has 112 valence electrons. The van der Waals surface area contributed by atoms with E-state index in [0.717, 1.165) is 11.1 Å². The lowest BCUT2D eigenvalue weighted by molar-refractivity contribution is 0.0728. The van der Waals surface area contributed by atoms with Crippen LogP contribution in [0.3, 0.4) is 0 Å². The van der Waals surface area contributed by atoms with Crippen molar-refractivity contribution in [3.63, 3.8) is 0 Å². The molecular formula is C14H21NO4S. The van der Waals surface area contributed by atoms with E-state index in [2.05, 4.69) is 5.32 Å². The van der Waals surface area contributed by atoms with Gasteiger partial charge in [0.15, 0.2) is 9.84 Å². The third kappa shape index (κ3) is 3.31. The number of ether oxygens (including phenoxy) is 1. The van der Waals surface area contributed by atoms with Gasteiger partial charge < -0.3 is 15.2 Å². The Morgan fingerprint density at radius 3 is 2.65 bits per heavy atom. The highest BCUT2D eigenvalue weighted by Gasteiger charge is 2.38. The number of hydrogen-bond acceptors (Lipinski definition) is 5. The summed E-state index contributed by atoms with van der Waals surface area (Å²) in [6, 6.07) is 5.83. The lowest BCUT2D eigenvalue weighted by atomic mass is 10.0. The molecule has 0 spiro atoms. The number of rotatable bonds is 4. The maximum atomic E-state index is 11.5. The minimum Gasteiger partial charge on any atom is -0.486 e. The molecule has 0 amide bonds. The summed E-state index contributed by atoms with van der Waals surface area (Å²) in [6.07, 6.45) is -1.65. The second-order valence-corrected chi connectivity index (χ2v) is 7.51. The average molecular weight is 299 g/mol. The van der Waals surface area contributed by atoms with Gasteiger partial charge in [-0.2, -0.15) is 0 Å². The summed E-state index contributed by atoms with van der Waals surface area (Å²) in [5.41, 5.74) is 2.07. The van der Waals surface area contributed by atoms with Crippen LogP contribution >= 0.6 is 0 Å². The zero-order valence-electron chi connectivity index (χ0n) is 12.0. The lowest BCUT2D eigenvalue weighted by Gasteiger charge is -2.21. The molecule has 1 aromatic carbocycles. The van der Waals surface area contributed by atoms with E-state index < -0.39 is 22.0 Å². The van der Waals surface area contributed by atoms with Gasteiger partial charge in [-0.3, -0.25) is 0 Å². The topological polar surface area (TPSA) is 75.6 Å². The Hall–Kier alpha value is -1.11. The predicted octanol–water partition coefficient (Wildman–Crippen LogP) is 0.812. The zero-order chi connectivity index (χ0) is 14.9. The highest BCUT2D eigenvalue weighted by Crippen LogP contribution is 2.29. The number of aliphatic hydroxyl groups is 1. The second kappa shape index (κ2) is 5.71. The quantitative estimate of drug-likeness (QED) is 0.860. The van der Waals surface area contributed by atoms with Gasteiger partial charge in [-0.05, 0) is 27.0 Å². The summed E-state index contributed by atoms with van der Waals surface area (Å²) < 4.78 is 28.8. The van der Waals surface area contributed by atoms with Crippen LogP contribution in [0, 0.1) is 6.92 Å². The number of nitrogens with one attached hydrogen (secondary N) is 1. The van der Waals surface area contributed by atoms with Gasteiger partial charge in [0.1, 0.15) is 18.0 Å². The minimum atomic E-state index is -3.20. The molecule has 0 aliphatic carbocycles. The summed E-state index contributed by atoms with van der Waals surface area (Å²) >= 11 is 0. The van der Waals surface area contributed by atoms with Crippen LogP contribution < -0.4 is 10.1 Å². The summed E-state index contributed by atoms with van der Waals surface area (Å²) in [6.45, 7) is 3.99. The van der Waals surface area contributed by atoms with E-state index in [4.69, 9.17) is 4.74 Å². The van der Waals surface area contributed by atoms with Gasteiger partial charge in [0.25, 0.3) is 0 Å². The van der Waals surface area contributed by atoms with Crippen molar-refractivity contribution in [3.8, 4) is 5.75 Å². The molecule has 2 rings (SSSR count). The van der Waals surface area contributed by atoms with Crippen LogP contribution in [0.1, 0.15) is 24.1 Å². The second-order valence-electron chi connectivity index (χ2n) is 5.35. The van der Waals surface area contributed by atoms with Crippen LogP contribution in [0.5, 0.6) is 5.75 Å². The first-order chi connectivity index (χ1) is 9.32. The normalized spacial score (nSPS) is 26.4. The summed E-state index contributed by atoms with van der Waals surface area (Å²) in [7, 11) is -1.35. The van der Waals surface area contributed by atoms with E-state index in [0.29, 0.717) is 5.75 Å². The third-order valence-corrected chi connectivity index (χ3v) is 5.30. The van der Waals surface area contributed by atoms with Crippen molar-refractivity contribution in [1.82, 2.24) is 5.32 Å². The van der Waals surface area contributed by atoms with Crippen molar-refractivity contribution in [1.29, 1.82) is 0 Å². The molecule has 2 N–H and O–H groups in total. The van der Waals surface area contributed by atoms with Crippen molar-refractivity contribution in [2.45, 2.75) is 32.1 Å². The van der Waals surface area contributed by atoms with Crippen LogP contribution in [0.2, 0.25) is 0 Å². The average Bonchev–Trinajstić information content (AvgIpc) is 2.63. The molecule has 1 aliphatic rings. The van der Waals surface area contributed by atoms with Gasteiger partial charge >= 0.3 is 0 Å². The fraction of sp³-hybridized carbons (Fsp3) is 0.571. The summed E-state index contributed by atoms with van der Waals surface area (Å²) in [5, 5.41) is 12.9. The molecule has 1 aliphatic heterocycles. The smallest absolute Gasteiger partial charge is 0.156 e. The number of hydrogen-bond donors (Lipinski definition) is 2. The van der Waals surface area contributed by atoms with Crippen LogP contribution in [-0.2, 0) is 9.84 Å². The number of benzene rings is 1. The Bertz CT molecular complexity index is 585. The maximum Gasteiger partial charge on any atom is 0.156 e. The molecule has 1 saturated heterocycles. The first kappa shape index (κ1) is 15.3. The van der Waals surface area contributed by atoms with E-state index in [-0.39, 0.29) is 17.5 Å². The number of aryl methyl sites for hydroxylation is 1. The third-order valence-electron chi connectivity index (χ3n) is 3.62. The van der Waals surface area contributed by atoms with Crippen molar-refractivity contribution in [2.24, 2.45) is 0 Å². The molecule has 5 nitrogen and oxygen atoms in total. The Balaban J connectivity index is 2.25. The van der Waals surface area contributed by atoms with Gasteiger partial charge in [0.2, 0.25) is 0 Å². The molecule has 0 aromatic heterocycles. The molecule has 20 heavy (non-hydrogen) atoms. The maximum absolute atomic E-state index is 11.5. The Kier molecular flexibility index (Phi) is 4.36. The van der Waals surface area contributed by atoms with E-state index in [1.54, 1.807) is 0 Å². The Morgan fingerprint density at radius 2 is 2.10 bits per heavy atom. The minimum absolute atomic E-state index is 0.0834. The largest absolute Gasteiger partial charge is 0.486 e. The van der Waals surface area contributed by atoms with Crippen molar-refractivity contribution in [3.05, 3.63) is 29.3 Å². The highest BCUT2D eigenvalue weighted by molar-refractivity contribution is 7.91. The number of sulfone groups is 1. The monoisotopic (exact) mass is 299 g/mol. The van der Waals surface area contributed by atoms with E-state index in [9.17, 15) is 13.5 Å². The molecule has 1 heterocycles. The first-order valence-electron chi connectivity index (χ1n) is 6.65. The molecular weight excluding hydrogens is 278 g/mol. The lowest BCUT2D eigenvalue weighted by Crippen LogP contribution is -2.30. The van der Waals surface area contributed by atoms with Gasteiger partial charge in [-0.1, -0.05) is 17.7 Å². The van der Waals surface area contributed by atoms with Gasteiger partial charge in [-0.25, -0.2) is 8.42 Å². The fourth-order valence-electron chi connectivity index (χ4n) is 2.34. The van der Waals surface area contributed by atoms with E-state index in [1.165, 1.54) is 0 Å². The molecule has 3 unspecified atom stereocenters. The molecule has 6 heteroatoms. The zero-order valence-corrected chi connectivity index (χ0v) is 12.8. The van der Waals surface area contributed by atoms with Crippen molar-refractivity contribution in [2.75, 3.05) is 18.6 Å². The first-order valence-corrected chi connectivity index (χ1v) is 8.47. The van der Waals surface area contributed by atoms with Crippen LogP contribution in [0.4, 0.5) is 0 Å². The molecule has 0 saturated carbocycles. The molecule has 3 atom stereocenters. The van der Waals surface area contributed by atoms with Gasteiger partial charge in [-0.15, -0.1) is 0 Å². The van der Waals surface area contributed by atoms with Crippen molar-refractivity contribution < 1.29 is 18.3 Å². The standard InChI is InChI=1S/C14H21NO4S/c1-9-4-5-13(11(6-9)10(2)15-3)19-14-8-20(17,18)7-12(14)16/h4-6,10,12,14-16H,7-8H2,1-3H3. The Morgan fingerprint density at radius 1 is 1.40 bits per heavy atom. The SMILES string of the molecule is CNC(C)c1cc(C)ccc1OC1CS(=O)(=O)CC1O. The van der Waals surface area contributed by atoms with Crippen LogP contribution in [-0.4, -0.2) is 44.3 Å². The molecule has 0 bridgehead atoms. The molecule has 0 radical (unpaired) electrons. The van der Waals surface area contributed by atoms with Gasteiger partial charge in [0, 0.05) is 11.6 Å². The Labute approximate surface area is 119 Å². The fourth-order valence-corrected chi connectivity index (χ4v) is 4.00. The van der Waals surface area contributed by atoms with E-state index >= 15 is 0 Å². The number of aliphatic hydroxyl groups excluding tert-OH is 1. The predicted molar refractivity (Wildman–Crippen MR) is 77.7 cm³/mol. The summed E-state index contributed by atoms with van der Waals surface area (Å²) in [4.78, 5) is 0. The van der Waals surface area contributed by atoms with Crippen molar-refractivity contribution >= 4 is 9.84 Å². The van der Waals surface area contributed by atoms with Gasteiger partial charge in [0.05, 0.1) is 11.5 Å².